The van der Waals surface area contributed by atoms with Crippen LogP contribution in [0, 0.1) is 5.92 Å². The second kappa shape index (κ2) is 10.6. The van der Waals surface area contributed by atoms with Crippen LogP contribution in [0.1, 0.15) is 30.9 Å². The molecule has 2 aromatic carbocycles. The van der Waals surface area contributed by atoms with Gasteiger partial charge in [0.25, 0.3) is 0 Å². The lowest BCUT2D eigenvalue weighted by molar-refractivity contribution is -0.133. The molecule has 0 fully saturated rings. The van der Waals surface area contributed by atoms with E-state index in [4.69, 9.17) is 9.47 Å². The summed E-state index contributed by atoms with van der Waals surface area (Å²) in [5, 5.41) is 8.69. The first-order valence-corrected chi connectivity index (χ1v) is 10.2. The SMILES string of the molecule is CCC1CC(=O)N(Cc2ccc(NC(=O)OC)cc2)N=C1c1ccc(OCF)c(OC)c1. The fourth-order valence-corrected chi connectivity index (χ4v) is 3.48. The summed E-state index contributed by atoms with van der Waals surface area (Å²) in [6.07, 6.45) is 0.530. The zero-order chi connectivity index (χ0) is 23.1. The Bertz CT molecular complexity index is 994. The molecule has 2 aromatic rings. The zero-order valence-corrected chi connectivity index (χ0v) is 18.3. The normalized spacial score (nSPS) is 15.8. The maximum atomic E-state index is 12.7. The molecule has 0 radical (unpaired) electrons. The van der Waals surface area contributed by atoms with E-state index in [-0.39, 0.29) is 18.4 Å². The molecule has 8 nitrogen and oxygen atoms in total. The molecule has 1 N–H and O–H groups in total. The Labute approximate surface area is 186 Å². The summed E-state index contributed by atoms with van der Waals surface area (Å²) in [6.45, 7) is 1.34. The number of nitrogens with one attached hydrogen (secondary N) is 1. The lowest BCUT2D eigenvalue weighted by Crippen LogP contribution is -2.36. The Morgan fingerprint density at radius 2 is 1.94 bits per heavy atom. The Kier molecular flexibility index (Phi) is 7.64. The second-order valence-electron chi connectivity index (χ2n) is 7.18. The molecule has 1 heterocycles. The van der Waals surface area contributed by atoms with Crippen LogP contribution in [0.15, 0.2) is 47.6 Å². The third kappa shape index (κ3) is 5.35. The molecule has 1 aliphatic heterocycles. The van der Waals surface area contributed by atoms with Gasteiger partial charge in [0.05, 0.1) is 26.5 Å². The molecule has 0 saturated heterocycles. The molecule has 2 amide bonds. The minimum Gasteiger partial charge on any atom is -0.493 e. The van der Waals surface area contributed by atoms with Crippen molar-refractivity contribution in [2.75, 3.05) is 26.4 Å². The molecule has 1 aliphatic rings. The number of hydrogen-bond acceptors (Lipinski definition) is 6. The van der Waals surface area contributed by atoms with Crippen LogP contribution in [0.5, 0.6) is 11.5 Å². The minimum atomic E-state index is -0.954. The first kappa shape index (κ1) is 23.1. The Morgan fingerprint density at radius 1 is 1.19 bits per heavy atom. The number of alkyl halides is 1. The fraction of sp³-hybridized carbons (Fsp3) is 0.348. The molecule has 1 atom stereocenters. The van der Waals surface area contributed by atoms with Gasteiger partial charge in [0.15, 0.2) is 11.5 Å². The largest absolute Gasteiger partial charge is 0.493 e. The van der Waals surface area contributed by atoms with Crippen molar-refractivity contribution in [3.8, 4) is 11.5 Å². The van der Waals surface area contributed by atoms with Crippen LogP contribution in [-0.4, -0.2) is 43.8 Å². The highest BCUT2D eigenvalue weighted by molar-refractivity contribution is 6.06. The highest BCUT2D eigenvalue weighted by Gasteiger charge is 2.29. The highest BCUT2D eigenvalue weighted by Crippen LogP contribution is 2.32. The average molecular weight is 443 g/mol. The minimum absolute atomic E-state index is 0.0389. The molecule has 170 valence electrons. The molecule has 32 heavy (non-hydrogen) atoms. The van der Waals surface area contributed by atoms with Crippen LogP contribution in [0.25, 0.3) is 0 Å². The Morgan fingerprint density at radius 3 is 2.56 bits per heavy atom. The van der Waals surface area contributed by atoms with Gasteiger partial charge in [-0.05, 0) is 42.3 Å². The lowest BCUT2D eigenvalue weighted by atomic mass is 9.89. The van der Waals surface area contributed by atoms with Crippen LogP contribution in [0.4, 0.5) is 14.9 Å². The summed E-state index contributed by atoms with van der Waals surface area (Å²) in [5.41, 5.74) is 3.00. The first-order valence-electron chi connectivity index (χ1n) is 10.2. The van der Waals surface area contributed by atoms with Crippen molar-refractivity contribution in [2.24, 2.45) is 11.0 Å². The predicted octanol–water partition coefficient (Wildman–Crippen LogP) is 4.34. The fourth-order valence-electron chi connectivity index (χ4n) is 3.48. The first-order chi connectivity index (χ1) is 15.5. The van der Waals surface area contributed by atoms with E-state index in [0.717, 1.165) is 23.3 Å². The van der Waals surface area contributed by atoms with Crippen LogP contribution in [0.3, 0.4) is 0 Å². The second-order valence-corrected chi connectivity index (χ2v) is 7.18. The Hall–Kier alpha value is -3.62. The summed E-state index contributed by atoms with van der Waals surface area (Å²) in [6, 6.07) is 12.3. The third-order valence-electron chi connectivity index (χ3n) is 5.20. The summed E-state index contributed by atoms with van der Waals surface area (Å²) in [5.74, 6) is 0.594. The number of nitrogens with zero attached hydrogens (tertiary/aromatic N) is 2. The van der Waals surface area contributed by atoms with E-state index in [1.807, 2.05) is 19.1 Å². The molecular weight excluding hydrogens is 417 g/mol. The molecule has 0 saturated carbocycles. The number of rotatable bonds is 8. The van der Waals surface area contributed by atoms with Crippen molar-refractivity contribution < 1.29 is 28.2 Å². The summed E-state index contributed by atoms with van der Waals surface area (Å²) in [7, 11) is 2.78. The topological polar surface area (TPSA) is 89.5 Å². The number of methoxy groups -OCH3 is 2. The van der Waals surface area contributed by atoms with E-state index in [1.54, 1.807) is 30.3 Å². The molecule has 0 aliphatic carbocycles. The van der Waals surface area contributed by atoms with E-state index in [1.165, 1.54) is 19.2 Å². The molecule has 0 aromatic heterocycles. The van der Waals surface area contributed by atoms with Gasteiger partial charge in [0.2, 0.25) is 12.8 Å². The van der Waals surface area contributed by atoms with Crippen molar-refractivity contribution in [2.45, 2.75) is 26.3 Å². The summed E-state index contributed by atoms with van der Waals surface area (Å²) < 4.78 is 27.5. The molecule has 0 spiro atoms. The average Bonchev–Trinajstić information content (AvgIpc) is 2.81. The van der Waals surface area contributed by atoms with E-state index in [0.29, 0.717) is 23.6 Å². The van der Waals surface area contributed by atoms with E-state index in [2.05, 4.69) is 15.2 Å². The molecular formula is C23H26FN3O5. The van der Waals surface area contributed by atoms with E-state index < -0.39 is 13.0 Å². The van der Waals surface area contributed by atoms with Crippen molar-refractivity contribution in [1.29, 1.82) is 0 Å². The van der Waals surface area contributed by atoms with Crippen molar-refractivity contribution >= 4 is 23.4 Å². The number of anilines is 1. The predicted molar refractivity (Wildman–Crippen MR) is 118 cm³/mol. The summed E-state index contributed by atoms with van der Waals surface area (Å²) in [4.78, 5) is 24.0. The lowest BCUT2D eigenvalue weighted by Gasteiger charge is -2.29. The number of amides is 2. The number of ether oxygens (including phenoxy) is 3. The smallest absolute Gasteiger partial charge is 0.411 e. The Balaban J connectivity index is 1.85. The maximum Gasteiger partial charge on any atom is 0.411 e. The number of carbonyl (C=O) groups excluding carboxylic acids is 2. The molecule has 1 unspecified atom stereocenters. The molecule has 0 bridgehead atoms. The quantitative estimate of drug-likeness (QED) is 0.656. The van der Waals surface area contributed by atoms with Crippen LogP contribution in [0.2, 0.25) is 0 Å². The van der Waals surface area contributed by atoms with Gasteiger partial charge in [0.1, 0.15) is 0 Å². The number of hydrazone groups is 1. The molecule has 9 heteroatoms. The highest BCUT2D eigenvalue weighted by atomic mass is 19.1. The van der Waals surface area contributed by atoms with Gasteiger partial charge in [-0.2, -0.15) is 5.10 Å². The number of hydrogen-bond donors (Lipinski definition) is 1. The molecule has 3 rings (SSSR count). The standard InChI is InChI=1S/C23H26FN3O5/c1-4-16-12-21(28)27(13-15-5-8-18(9-6-15)25-23(29)31-3)26-22(16)17-7-10-19(32-14-24)20(11-17)30-2/h5-11,16H,4,12-14H2,1-3H3,(H,25,29). The van der Waals surface area contributed by atoms with E-state index >= 15 is 0 Å². The van der Waals surface area contributed by atoms with Crippen molar-refractivity contribution in [3.05, 3.63) is 53.6 Å². The van der Waals surface area contributed by atoms with Gasteiger partial charge >= 0.3 is 6.09 Å². The van der Waals surface area contributed by atoms with E-state index in [9.17, 15) is 14.0 Å². The van der Waals surface area contributed by atoms with Gasteiger partial charge in [0, 0.05) is 23.6 Å². The van der Waals surface area contributed by atoms with Crippen LogP contribution in [-0.2, 0) is 16.1 Å². The van der Waals surface area contributed by atoms with Crippen LogP contribution >= 0.6 is 0 Å². The number of benzene rings is 2. The van der Waals surface area contributed by atoms with Gasteiger partial charge in [-0.25, -0.2) is 14.2 Å². The maximum absolute atomic E-state index is 12.7. The van der Waals surface area contributed by atoms with Gasteiger partial charge in [-0.1, -0.05) is 19.1 Å². The summed E-state index contributed by atoms with van der Waals surface area (Å²) >= 11 is 0. The van der Waals surface area contributed by atoms with Gasteiger partial charge in [-0.3, -0.25) is 10.1 Å². The van der Waals surface area contributed by atoms with Crippen LogP contribution < -0.4 is 14.8 Å². The van der Waals surface area contributed by atoms with Crippen molar-refractivity contribution in [3.63, 3.8) is 0 Å². The van der Waals surface area contributed by atoms with Crippen molar-refractivity contribution in [1.82, 2.24) is 5.01 Å². The van der Waals surface area contributed by atoms with Gasteiger partial charge in [-0.15, -0.1) is 0 Å². The third-order valence-corrected chi connectivity index (χ3v) is 5.20. The zero-order valence-electron chi connectivity index (χ0n) is 18.3. The number of carbonyl (C=O) groups is 2. The monoisotopic (exact) mass is 443 g/mol. The number of halogens is 1. The van der Waals surface area contributed by atoms with Gasteiger partial charge < -0.3 is 14.2 Å².